The topological polar surface area (TPSA) is 74.6 Å². The Morgan fingerprint density at radius 3 is 2.12 bits per heavy atom. The Balaban J connectivity index is 2.32. The predicted molar refractivity (Wildman–Crippen MR) is 103 cm³/mol. The van der Waals surface area contributed by atoms with Crippen LogP contribution in [-0.4, -0.2) is 37.0 Å². The van der Waals surface area contributed by atoms with Crippen LogP contribution >= 0.6 is 0 Å². The van der Waals surface area contributed by atoms with E-state index < -0.39 is 0 Å². The third kappa shape index (κ3) is 3.95. The number of benzene rings is 1. The Bertz CT molecular complexity index is 741. The molecule has 0 saturated carbocycles. The highest BCUT2D eigenvalue weighted by molar-refractivity contribution is 5.86. The second-order valence-corrected chi connectivity index (χ2v) is 6.38. The molecular weight excluding hydrogens is 300 g/mol. The van der Waals surface area contributed by atoms with Crippen LogP contribution in [0.25, 0.3) is 0 Å². The fourth-order valence-electron chi connectivity index (χ4n) is 2.14. The molecule has 0 aliphatic rings. The molecule has 0 aliphatic heterocycles. The van der Waals surface area contributed by atoms with Gasteiger partial charge in [-0.3, -0.25) is 20.0 Å². The number of aliphatic imine (C=N–C) groups is 2. The summed E-state index contributed by atoms with van der Waals surface area (Å²) in [6, 6.07) is 3.82. The van der Waals surface area contributed by atoms with Gasteiger partial charge in [0.15, 0.2) is 0 Å². The maximum atomic E-state index is 4.53. The molecule has 24 heavy (non-hydrogen) atoms. The van der Waals surface area contributed by atoms with E-state index >= 15 is 0 Å². The second kappa shape index (κ2) is 7.21. The van der Waals surface area contributed by atoms with Crippen LogP contribution in [0.2, 0.25) is 0 Å². The minimum atomic E-state index is -0.0167. The SMILES string of the molecule is C=Nc1cc(NC)c(N=Cc2cnc(C(C)(C)C)cn2)cc1NC. The number of rotatable bonds is 5. The van der Waals surface area contributed by atoms with Gasteiger partial charge >= 0.3 is 0 Å². The summed E-state index contributed by atoms with van der Waals surface area (Å²) in [5.74, 6) is 0. The molecule has 2 rings (SSSR count). The first-order valence-corrected chi connectivity index (χ1v) is 7.76. The number of hydrogen-bond donors (Lipinski definition) is 2. The lowest BCUT2D eigenvalue weighted by molar-refractivity contribution is 0.565. The van der Waals surface area contributed by atoms with Crippen LogP contribution in [0.4, 0.5) is 22.7 Å². The van der Waals surface area contributed by atoms with Crippen LogP contribution < -0.4 is 10.6 Å². The second-order valence-electron chi connectivity index (χ2n) is 6.38. The lowest BCUT2D eigenvalue weighted by atomic mass is 9.93. The summed E-state index contributed by atoms with van der Waals surface area (Å²) >= 11 is 0. The van der Waals surface area contributed by atoms with E-state index in [1.165, 1.54) is 0 Å². The smallest absolute Gasteiger partial charge is 0.0995 e. The number of aromatic nitrogens is 2. The molecule has 0 atom stereocenters. The molecule has 0 fully saturated rings. The monoisotopic (exact) mass is 324 g/mol. The van der Waals surface area contributed by atoms with Gasteiger partial charge in [-0.05, 0) is 18.9 Å². The summed E-state index contributed by atoms with van der Waals surface area (Å²) in [7, 11) is 3.69. The fourth-order valence-corrected chi connectivity index (χ4v) is 2.14. The van der Waals surface area contributed by atoms with E-state index in [1.54, 1.807) is 18.6 Å². The van der Waals surface area contributed by atoms with Crippen molar-refractivity contribution in [3.8, 4) is 0 Å². The quantitative estimate of drug-likeness (QED) is 0.817. The summed E-state index contributed by atoms with van der Waals surface area (Å²) in [6.07, 6.45) is 5.24. The van der Waals surface area contributed by atoms with Gasteiger partial charge in [0.05, 0.1) is 46.5 Å². The van der Waals surface area contributed by atoms with Gasteiger partial charge in [0.25, 0.3) is 0 Å². The van der Waals surface area contributed by atoms with Crippen LogP contribution in [0.5, 0.6) is 0 Å². The molecule has 2 N–H and O–H groups in total. The van der Waals surface area contributed by atoms with Crippen molar-refractivity contribution in [1.29, 1.82) is 0 Å². The van der Waals surface area contributed by atoms with Gasteiger partial charge in [-0.2, -0.15) is 0 Å². The zero-order valence-electron chi connectivity index (χ0n) is 14.9. The van der Waals surface area contributed by atoms with E-state index in [2.05, 4.69) is 58.1 Å². The summed E-state index contributed by atoms with van der Waals surface area (Å²) < 4.78 is 0. The molecule has 2 aromatic rings. The van der Waals surface area contributed by atoms with Gasteiger partial charge in [0.1, 0.15) is 0 Å². The van der Waals surface area contributed by atoms with Crippen molar-refractivity contribution in [2.24, 2.45) is 9.98 Å². The number of nitrogens with one attached hydrogen (secondary N) is 2. The van der Waals surface area contributed by atoms with Crippen LogP contribution in [0.3, 0.4) is 0 Å². The molecule has 0 amide bonds. The minimum absolute atomic E-state index is 0.0167. The molecule has 6 nitrogen and oxygen atoms in total. The molecular formula is C18H24N6. The lowest BCUT2D eigenvalue weighted by Crippen LogP contribution is -2.14. The predicted octanol–water partition coefficient (Wildman–Crippen LogP) is 3.94. The van der Waals surface area contributed by atoms with Crippen LogP contribution in [-0.2, 0) is 5.41 Å². The molecule has 0 spiro atoms. The van der Waals surface area contributed by atoms with E-state index in [9.17, 15) is 0 Å². The van der Waals surface area contributed by atoms with E-state index in [0.29, 0.717) is 5.69 Å². The van der Waals surface area contributed by atoms with Crippen molar-refractivity contribution < 1.29 is 0 Å². The van der Waals surface area contributed by atoms with Crippen molar-refractivity contribution in [2.75, 3.05) is 24.7 Å². The van der Waals surface area contributed by atoms with Crippen LogP contribution in [0.1, 0.15) is 32.2 Å². The fraction of sp³-hybridized carbons (Fsp3) is 0.333. The standard InChI is InChI=1S/C18H24N6/c1-18(2,3)17-11-22-12(10-24-17)9-23-16-8-14(20-5)13(19-4)7-15(16)21-6/h7-11,20-21H,4H2,1-3,5-6H3. The highest BCUT2D eigenvalue weighted by Gasteiger charge is 2.15. The van der Waals surface area contributed by atoms with Crippen molar-refractivity contribution in [2.45, 2.75) is 26.2 Å². The highest BCUT2D eigenvalue weighted by Crippen LogP contribution is 2.36. The zero-order valence-corrected chi connectivity index (χ0v) is 14.9. The summed E-state index contributed by atoms with van der Waals surface area (Å²) in [4.78, 5) is 17.4. The first-order valence-electron chi connectivity index (χ1n) is 7.76. The molecule has 1 aromatic carbocycles. The van der Waals surface area contributed by atoms with Crippen molar-refractivity contribution in [3.63, 3.8) is 0 Å². The van der Waals surface area contributed by atoms with E-state index in [-0.39, 0.29) is 5.41 Å². The zero-order chi connectivity index (χ0) is 17.7. The molecule has 1 heterocycles. The van der Waals surface area contributed by atoms with Crippen molar-refractivity contribution in [3.05, 3.63) is 35.9 Å². The highest BCUT2D eigenvalue weighted by atomic mass is 14.9. The third-order valence-corrected chi connectivity index (χ3v) is 3.60. The minimum Gasteiger partial charge on any atom is -0.386 e. The first-order chi connectivity index (χ1) is 11.4. The van der Waals surface area contributed by atoms with Gasteiger partial charge in [-0.1, -0.05) is 20.8 Å². The Morgan fingerprint density at radius 2 is 1.62 bits per heavy atom. The van der Waals surface area contributed by atoms with Crippen LogP contribution in [0.15, 0.2) is 34.5 Å². The van der Waals surface area contributed by atoms with Gasteiger partial charge in [0.2, 0.25) is 0 Å². The summed E-state index contributed by atoms with van der Waals surface area (Å²) in [5.41, 5.74) is 4.94. The Morgan fingerprint density at radius 1 is 1.00 bits per heavy atom. The summed E-state index contributed by atoms with van der Waals surface area (Å²) in [6.45, 7) is 9.92. The number of anilines is 2. The molecule has 1 aromatic heterocycles. The van der Waals surface area contributed by atoms with Gasteiger partial charge in [-0.15, -0.1) is 0 Å². The Kier molecular flexibility index (Phi) is 5.28. The lowest BCUT2D eigenvalue weighted by Gasteiger charge is -2.16. The normalized spacial score (nSPS) is 11.5. The molecule has 0 unspecified atom stereocenters. The first kappa shape index (κ1) is 17.6. The van der Waals surface area contributed by atoms with Crippen molar-refractivity contribution in [1.82, 2.24) is 9.97 Å². The largest absolute Gasteiger partial charge is 0.386 e. The van der Waals surface area contributed by atoms with E-state index in [1.807, 2.05) is 26.2 Å². The van der Waals surface area contributed by atoms with Gasteiger partial charge in [-0.25, -0.2) is 0 Å². The molecule has 0 bridgehead atoms. The van der Waals surface area contributed by atoms with Crippen LogP contribution in [0, 0.1) is 0 Å². The van der Waals surface area contributed by atoms with E-state index in [0.717, 1.165) is 28.4 Å². The molecule has 0 radical (unpaired) electrons. The maximum Gasteiger partial charge on any atom is 0.0995 e. The molecule has 126 valence electrons. The number of nitrogens with zero attached hydrogens (tertiary/aromatic N) is 4. The molecule has 0 aliphatic carbocycles. The van der Waals surface area contributed by atoms with Gasteiger partial charge < -0.3 is 10.6 Å². The number of hydrogen-bond acceptors (Lipinski definition) is 6. The molecule has 6 heteroatoms. The van der Waals surface area contributed by atoms with Crippen molar-refractivity contribution >= 4 is 35.7 Å². The molecule has 0 saturated heterocycles. The van der Waals surface area contributed by atoms with E-state index in [4.69, 9.17) is 0 Å². The Hall–Kier alpha value is -2.76. The van der Waals surface area contributed by atoms with Gasteiger partial charge in [0, 0.05) is 25.7 Å². The average Bonchev–Trinajstić information content (AvgIpc) is 2.58. The maximum absolute atomic E-state index is 4.53. The third-order valence-electron chi connectivity index (χ3n) is 3.60. The summed E-state index contributed by atoms with van der Waals surface area (Å²) in [5, 5.41) is 6.22. The Labute approximate surface area is 143 Å². The average molecular weight is 324 g/mol.